The second-order valence-corrected chi connectivity index (χ2v) is 8.65. The molecule has 1 amide bonds. The van der Waals surface area contributed by atoms with Gasteiger partial charge in [-0.25, -0.2) is 9.67 Å². The molecule has 4 aromatic rings. The van der Waals surface area contributed by atoms with Crippen LogP contribution < -0.4 is 5.32 Å². The Balaban J connectivity index is 1.38. The van der Waals surface area contributed by atoms with Gasteiger partial charge in [0.2, 0.25) is 11.1 Å². The predicted molar refractivity (Wildman–Crippen MR) is 117 cm³/mol. The molecule has 0 unspecified atom stereocenters. The van der Waals surface area contributed by atoms with E-state index < -0.39 is 0 Å². The zero-order valence-electron chi connectivity index (χ0n) is 16.7. The van der Waals surface area contributed by atoms with Gasteiger partial charge in [0.1, 0.15) is 12.3 Å². The Bertz CT molecular complexity index is 1140. The Morgan fingerprint density at radius 1 is 1.27 bits per heavy atom. The third-order valence-electron chi connectivity index (χ3n) is 4.40. The Kier molecular flexibility index (Phi) is 5.96. The van der Waals surface area contributed by atoms with Crippen molar-refractivity contribution in [2.45, 2.75) is 32.5 Å². The van der Waals surface area contributed by atoms with Gasteiger partial charge in [0, 0.05) is 10.9 Å². The van der Waals surface area contributed by atoms with Crippen LogP contribution in [0.2, 0.25) is 0 Å². The third kappa shape index (κ3) is 4.60. The molecule has 0 spiro atoms. The molecule has 10 heteroatoms. The van der Waals surface area contributed by atoms with Gasteiger partial charge < -0.3 is 9.73 Å². The molecule has 8 nitrogen and oxygen atoms in total. The number of nitrogens with zero attached hydrogens (tertiary/aromatic N) is 5. The van der Waals surface area contributed by atoms with E-state index in [0.717, 1.165) is 17.0 Å². The predicted octanol–water partition coefficient (Wildman–Crippen LogP) is 4.09. The Morgan fingerprint density at radius 2 is 2.07 bits per heavy atom. The van der Waals surface area contributed by atoms with Crippen molar-refractivity contribution in [2.24, 2.45) is 0 Å². The summed E-state index contributed by atoms with van der Waals surface area (Å²) in [5.41, 5.74) is 5.57. The lowest BCUT2D eigenvalue weighted by atomic mass is 9.98. The number of benzene rings is 1. The monoisotopic (exact) mass is 440 g/mol. The minimum Gasteiger partial charge on any atom is -0.467 e. The van der Waals surface area contributed by atoms with Crippen LogP contribution in [0.15, 0.2) is 45.5 Å². The molecule has 4 rings (SSSR count). The van der Waals surface area contributed by atoms with E-state index in [1.807, 2.05) is 17.5 Å². The summed E-state index contributed by atoms with van der Waals surface area (Å²) < 4.78 is 6.92. The zero-order chi connectivity index (χ0) is 21.1. The summed E-state index contributed by atoms with van der Waals surface area (Å²) in [4.78, 5) is 17.0. The SMILES string of the molecule is Cc1cc(C)c(-c2csc(NC(=O)CSc3nnnn3Cc3ccco3)n2)c(C)c1. The van der Waals surface area contributed by atoms with Crippen molar-refractivity contribution in [2.75, 3.05) is 11.1 Å². The minimum absolute atomic E-state index is 0.161. The number of hydrogen-bond donors (Lipinski definition) is 1. The molecule has 3 heterocycles. The van der Waals surface area contributed by atoms with Crippen LogP contribution in [0.5, 0.6) is 0 Å². The summed E-state index contributed by atoms with van der Waals surface area (Å²) in [6.45, 7) is 6.65. The third-order valence-corrected chi connectivity index (χ3v) is 6.12. The first-order valence-electron chi connectivity index (χ1n) is 9.24. The fourth-order valence-corrected chi connectivity index (χ4v) is 4.66. The normalized spacial score (nSPS) is 11.0. The number of rotatable bonds is 7. The van der Waals surface area contributed by atoms with Crippen LogP contribution in [0.4, 0.5) is 5.13 Å². The molecule has 3 aromatic heterocycles. The smallest absolute Gasteiger partial charge is 0.236 e. The van der Waals surface area contributed by atoms with Crippen molar-refractivity contribution < 1.29 is 9.21 Å². The number of thiazole rings is 1. The van der Waals surface area contributed by atoms with Gasteiger partial charge in [0.25, 0.3) is 0 Å². The lowest BCUT2D eigenvalue weighted by molar-refractivity contribution is -0.113. The van der Waals surface area contributed by atoms with Crippen molar-refractivity contribution in [3.63, 3.8) is 0 Å². The number of nitrogens with one attached hydrogen (secondary N) is 1. The molecule has 0 aliphatic heterocycles. The number of aromatic nitrogens is 5. The van der Waals surface area contributed by atoms with E-state index in [0.29, 0.717) is 16.8 Å². The van der Waals surface area contributed by atoms with Gasteiger partial charge in [-0.05, 0) is 54.5 Å². The summed E-state index contributed by atoms with van der Waals surface area (Å²) in [5, 5.41) is 17.6. The van der Waals surface area contributed by atoms with Gasteiger partial charge in [-0.1, -0.05) is 29.5 Å². The number of carbonyl (C=O) groups excluding carboxylic acids is 1. The van der Waals surface area contributed by atoms with E-state index >= 15 is 0 Å². The highest BCUT2D eigenvalue weighted by Gasteiger charge is 2.14. The van der Waals surface area contributed by atoms with Gasteiger partial charge in [0.05, 0.1) is 17.7 Å². The van der Waals surface area contributed by atoms with Gasteiger partial charge in [-0.2, -0.15) is 0 Å². The van der Waals surface area contributed by atoms with Crippen molar-refractivity contribution in [3.8, 4) is 11.3 Å². The molecule has 0 saturated heterocycles. The fraction of sp³-hybridized carbons (Fsp3) is 0.250. The second-order valence-electron chi connectivity index (χ2n) is 6.85. The second kappa shape index (κ2) is 8.80. The molecule has 0 atom stereocenters. The summed E-state index contributed by atoms with van der Waals surface area (Å²) in [5.74, 6) is 0.757. The maximum Gasteiger partial charge on any atom is 0.236 e. The van der Waals surface area contributed by atoms with Crippen LogP contribution in [-0.4, -0.2) is 36.9 Å². The first-order chi connectivity index (χ1) is 14.5. The lowest BCUT2D eigenvalue weighted by Gasteiger charge is -2.08. The molecule has 0 saturated carbocycles. The Hall–Kier alpha value is -2.98. The molecule has 0 radical (unpaired) electrons. The molecule has 0 bridgehead atoms. The topological polar surface area (TPSA) is 98.7 Å². The molecule has 30 heavy (non-hydrogen) atoms. The molecular weight excluding hydrogens is 420 g/mol. The van der Waals surface area contributed by atoms with E-state index in [2.05, 4.69) is 58.7 Å². The van der Waals surface area contributed by atoms with Crippen molar-refractivity contribution in [3.05, 3.63) is 58.4 Å². The summed E-state index contributed by atoms with van der Waals surface area (Å²) in [6, 6.07) is 7.94. The van der Waals surface area contributed by atoms with Crippen molar-refractivity contribution in [1.82, 2.24) is 25.2 Å². The molecule has 1 aromatic carbocycles. The van der Waals surface area contributed by atoms with Crippen LogP contribution in [-0.2, 0) is 11.3 Å². The van der Waals surface area contributed by atoms with Crippen LogP contribution in [0.3, 0.4) is 0 Å². The molecule has 154 valence electrons. The molecule has 0 aliphatic rings. The van der Waals surface area contributed by atoms with E-state index in [1.165, 1.54) is 39.8 Å². The van der Waals surface area contributed by atoms with Crippen LogP contribution in [0.1, 0.15) is 22.5 Å². The minimum atomic E-state index is -0.161. The Morgan fingerprint density at radius 3 is 2.80 bits per heavy atom. The maximum atomic E-state index is 12.4. The first kappa shape index (κ1) is 20.3. The summed E-state index contributed by atoms with van der Waals surface area (Å²) >= 11 is 2.68. The van der Waals surface area contributed by atoms with Crippen molar-refractivity contribution in [1.29, 1.82) is 0 Å². The van der Waals surface area contributed by atoms with E-state index in [-0.39, 0.29) is 11.7 Å². The average molecular weight is 441 g/mol. The standard InChI is InChI=1S/C20H20N6O2S2/c1-12-7-13(2)18(14(3)8-12)16-10-29-19(21-16)22-17(27)11-30-20-23-24-25-26(20)9-15-5-4-6-28-15/h4-8,10H,9,11H2,1-3H3,(H,21,22,27). The van der Waals surface area contributed by atoms with Gasteiger partial charge >= 0.3 is 0 Å². The lowest BCUT2D eigenvalue weighted by Crippen LogP contribution is -2.14. The van der Waals surface area contributed by atoms with E-state index in [1.54, 1.807) is 10.9 Å². The number of carbonyl (C=O) groups is 1. The van der Waals surface area contributed by atoms with Crippen molar-refractivity contribution >= 4 is 34.1 Å². The first-order valence-corrected chi connectivity index (χ1v) is 11.1. The summed E-state index contributed by atoms with van der Waals surface area (Å²) in [6.07, 6.45) is 1.60. The van der Waals surface area contributed by atoms with Gasteiger partial charge in [0.15, 0.2) is 5.13 Å². The number of thioether (sulfide) groups is 1. The van der Waals surface area contributed by atoms with E-state index in [9.17, 15) is 4.79 Å². The quantitative estimate of drug-likeness (QED) is 0.432. The molecular formula is C20H20N6O2S2. The fourth-order valence-electron chi connectivity index (χ4n) is 3.26. The highest BCUT2D eigenvalue weighted by atomic mass is 32.2. The number of amides is 1. The van der Waals surface area contributed by atoms with Gasteiger partial charge in [-0.3, -0.25) is 4.79 Å². The van der Waals surface area contributed by atoms with Crippen LogP contribution >= 0.6 is 23.1 Å². The van der Waals surface area contributed by atoms with E-state index in [4.69, 9.17) is 4.42 Å². The number of anilines is 1. The number of hydrogen-bond acceptors (Lipinski definition) is 8. The summed E-state index contributed by atoms with van der Waals surface area (Å²) in [7, 11) is 0. The Labute approximate surface area is 181 Å². The largest absolute Gasteiger partial charge is 0.467 e. The van der Waals surface area contributed by atoms with Gasteiger partial charge in [-0.15, -0.1) is 16.4 Å². The highest BCUT2D eigenvalue weighted by molar-refractivity contribution is 7.99. The van der Waals surface area contributed by atoms with Crippen LogP contribution in [0, 0.1) is 20.8 Å². The highest BCUT2D eigenvalue weighted by Crippen LogP contribution is 2.31. The average Bonchev–Trinajstić information content (AvgIpc) is 3.43. The molecule has 0 fully saturated rings. The number of aryl methyl sites for hydroxylation is 3. The zero-order valence-corrected chi connectivity index (χ0v) is 18.4. The molecule has 1 N–H and O–H groups in total. The number of tetrazole rings is 1. The maximum absolute atomic E-state index is 12.4. The molecule has 0 aliphatic carbocycles. The van der Waals surface area contributed by atoms with Crippen LogP contribution in [0.25, 0.3) is 11.3 Å². The number of furan rings is 1.